The van der Waals surface area contributed by atoms with Gasteiger partial charge in [-0.3, -0.25) is 4.79 Å². The standard InChI is InChI=1S/C13H14BrCl2NO/c1-8-4-5-17(12(8)7-14)13(18)9-2-3-10(15)11(16)6-9/h2-3,6,8,12H,4-5,7H2,1H3. The van der Waals surface area contributed by atoms with Crippen LogP contribution in [0.3, 0.4) is 0 Å². The summed E-state index contributed by atoms with van der Waals surface area (Å²) in [6.07, 6.45) is 1.04. The highest BCUT2D eigenvalue weighted by molar-refractivity contribution is 9.09. The third kappa shape index (κ3) is 2.68. The molecular formula is C13H14BrCl2NO. The van der Waals surface area contributed by atoms with Gasteiger partial charge in [0.15, 0.2) is 0 Å². The lowest BCUT2D eigenvalue weighted by atomic mass is 10.0. The zero-order valence-corrected chi connectivity index (χ0v) is 13.1. The number of benzene rings is 1. The molecule has 1 fully saturated rings. The fraction of sp³-hybridized carbons (Fsp3) is 0.462. The third-order valence-electron chi connectivity index (χ3n) is 3.47. The molecule has 1 amide bonds. The lowest BCUT2D eigenvalue weighted by Gasteiger charge is -2.25. The summed E-state index contributed by atoms with van der Waals surface area (Å²) in [7, 11) is 0. The van der Waals surface area contributed by atoms with Crippen molar-refractivity contribution in [1.29, 1.82) is 0 Å². The summed E-state index contributed by atoms with van der Waals surface area (Å²) in [5, 5.41) is 1.70. The largest absolute Gasteiger partial charge is 0.335 e. The number of hydrogen-bond acceptors (Lipinski definition) is 1. The maximum atomic E-state index is 12.4. The lowest BCUT2D eigenvalue weighted by Crippen LogP contribution is -2.38. The van der Waals surface area contributed by atoms with E-state index in [9.17, 15) is 4.79 Å². The van der Waals surface area contributed by atoms with Crippen molar-refractivity contribution in [2.24, 2.45) is 5.92 Å². The second-order valence-electron chi connectivity index (χ2n) is 4.62. The Kier molecular flexibility index (Phi) is 4.57. The minimum absolute atomic E-state index is 0.0300. The first-order valence-electron chi connectivity index (χ1n) is 5.86. The molecule has 1 aliphatic heterocycles. The topological polar surface area (TPSA) is 20.3 Å². The van der Waals surface area contributed by atoms with Gasteiger partial charge >= 0.3 is 0 Å². The molecule has 0 radical (unpaired) electrons. The van der Waals surface area contributed by atoms with Crippen molar-refractivity contribution < 1.29 is 4.79 Å². The summed E-state index contributed by atoms with van der Waals surface area (Å²) in [4.78, 5) is 14.3. The van der Waals surface area contributed by atoms with Crippen LogP contribution in [0.15, 0.2) is 18.2 Å². The molecular weight excluding hydrogens is 337 g/mol. The third-order valence-corrected chi connectivity index (χ3v) is 4.87. The fourth-order valence-electron chi connectivity index (χ4n) is 2.29. The van der Waals surface area contributed by atoms with E-state index < -0.39 is 0 Å². The second kappa shape index (κ2) is 5.81. The summed E-state index contributed by atoms with van der Waals surface area (Å²) in [6, 6.07) is 5.29. The van der Waals surface area contributed by atoms with Crippen LogP contribution >= 0.6 is 39.1 Å². The van der Waals surface area contributed by atoms with E-state index in [0.717, 1.165) is 18.3 Å². The highest BCUT2D eigenvalue weighted by Gasteiger charge is 2.33. The molecule has 1 saturated heterocycles. The van der Waals surface area contributed by atoms with Crippen molar-refractivity contribution in [1.82, 2.24) is 4.90 Å². The van der Waals surface area contributed by atoms with E-state index in [1.165, 1.54) is 0 Å². The van der Waals surface area contributed by atoms with Crippen LogP contribution in [0.2, 0.25) is 10.0 Å². The van der Waals surface area contributed by atoms with Gasteiger partial charge in [-0.2, -0.15) is 0 Å². The van der Waals surface area contributed by atoms with Gasteiger partial charge in [-0.1, -0.05) is 46.1 Å². The van der Waals surface area contributed by atoms with Crippen LogP contribution < -0.4 is 0 Å². The molecule has 2 unspecified atom stereocenters. The molecule has 18 heavy (non-hydrogen) atoms. The fourth-order valence-corrected chi connectivity index (χ4v) is 3.58. The Hall–Kier alpha value is -0.250. The number of rotatable bonds is 2. The van der Waals surface area contributed by atoms with Crippen molar-refractivity contribution in [2.45, 2.75) is 19.4 Å². The molecule has 1 heterocycles. The maximum absolute atomic E-state index is 12.4. The van der Waals surface area contributed by atoms with Gasteiger partial charge in [0.2, 0.25) is 0 Å². The first kappa shape index (κ1) is 14.2. The van der Waals surface area contributed by atoms with Gasteiger partial charge in [0, 0.05) is 23.5 Å². The number of carbonyl (C=O) groups is 1. The Bertz CT molecular complexity index is 466. The molecule has 2 nitrogen and oxygen atoms in total. The smallest absolute Gasteiger partial charge is 0.254 e. The number of hydrogen-bond donors (Lipinski definition) is 0. The Balaban J connectivity index is 2.23. The van der Waals surface area contributed by atoms with Crippen molar-refractivity contribution >= 4 is 45.0 Å². The molecule has 2 rings (SSSR count). The van der Waals surface area contributed by atoms with E-state index in [1.807, 2.05) is 4.90 Å². The summed E-state index contributed by atoms with van der Waals surface area (Å²) >= 11 is 15.3. The summed E-state index contributed by atoms with van der Waals surface area (Å²) in [5.74, 6) is 0.554. The predicted molar refractivity (Wildman–Crippen MR) is 78.9 cm³/mol. The number of halogens is 3. The number of nitrogens with zero attached hydrogens (tertiary/aromatic N) is 1. The van der Waals surface area contributed by atoms with Gasteiger partial charge in [-0.05, 0) is 30.5 Å². The maximum Gasteiger partial charge on any atom is 0.254 e. The number of likely N-dealkylation sites (tertiary alicyclic amines) is 1. The van der Waals surface area contributed by atoms with Gasteiger partial charge in [0.25, 0.3) is 5.91 Å². The molecule has 0 N–H and O–H groups in total. The quantitative estimate of drug-likeness (QED) is 0.730. The summed E-state index contributed by atoms with van der Waals surface area (Å²) in [5.41, 5.74) is 0.601. The Labute approximate surface area is 125 Å². The van der Waals surface area contributed by atoms with Crippen LogP contribution in [0.4, 0.5) is 0 Å². The number of amides is 1. The minimum atomic E-state index is 0.0300. The van der Waals surface area contributed by atoms with E-state index >= 15 is 0 Å². The van der Waals surface area contributed by atoms with Crippen LogP contribution in [0.5, 0.6) is 0 Å². The van der Waals surface area contributed by atoms with E-state index in [2.05, 4.69) is 22.9 Å². The summed E-state index contributed by atoms with van der Waals surface area (Å²) in [6.45, 7) is 2.98. The number of carbonyl (C=O) groups excluding carboxylic acids is 1. The first-order valence-corrected chi connectivity index (χ1v) is 7.74. The zero-order chi connectivity index (χ0) is 13.3. The molecule has 0 spiro atoms. The monoisotopic (exact) mass is 349 g/mol. The average Bonchev–Trinajstić information content (AvgIpc) is 2.73. The average molecular weight is 351 g/mol. The highest BCUT2D eigenvalue weighted by Crippen LogP contribution is 2.29. The van der Waals surface area contributed by atoms with Gasteiger partial charge in [-0.15, -0.1) is 0 Å². The van der Waals surface area contributed by atoms with Crippen LogP contribution in [-0.2, 0) is 0 Å². The molecule has 1 aromatic carbocycles. The predicted octanol–water partition coefficient (Wildman–Crippen LogP) is 4.24. The van der Waals surface area contributed by atoms with Gasteiger partial charge < -0.3 is 4.90 Å². The Morgan fingerprint density at radius 2 is 2.17 bits per heavy atom. The highest BCUT2D eigenvalue weighted by atomic mass is 79.9. The summed E-state index contributed by atoms with van der Waals surface area (Å²) < 4.78 is 0. The van der Waals surface area contributed by atoms with Crippen molar-refractivity contribution in [3.8, 4) is 0 Å². The van der Waals surface area contributed by atoms with E-state index in [1.54, 1.807) is 18.2 Å². The van der Waals surface area contributed by atoms with Gasteiger partial charge in [0.05, 0.1) is 10.0 Å². The minimum Gasteiger partial charge on any atom is -0.335 e. The Morgan fingerprint density at radius 1 is 1.44 bits per heavy atom. The van der Waals surface area contributed by atoms with E-state index in [4.69, 9.17) is 23.2 Å². The molecule has 0 saturated carbocycles. The van der Waals surface area contributed by atoms with Crippen molar-refractivity contribution in [3.63, 3.8) is 0 Å². The molecule has 1 aromatic rings. The SMILES string of the molecule is CC1CCN(C(=O)c2ccc(Cl)c(Cl)c2)C1CBr. The zero-order valence-electron chi connectivity index (χ0n) is 10.00. The normalized spacial score (nSPS) is 23.4. The van der Waals surface area contributed by atoms with Crippen LogP contribution in [-0.4, -0.2) is 28.7 Å². The molecule has 0 aromatic heterocycles. The van der Waals surface area contributed by atoms with Gasteiger partial charge in [0.1, 0.15) is 0 Å². The van der Waals surface area contributed by atoms with Crippen molar-refractivity contribution in [3.05, 3.63) is 33.8 Å². The molecule has 2 atom stereocenters. The second-order valence-corrected chi connectivity index (χ2v) is 6.08. The number of alkyl halides is 1. The lowest BCUT2D eigenvalue weighted by molar-refractivity contribution is 0.0738. The van der Waals surface area contributed by atoms with E-state index in [0.29, 0.717) is 21.5 Å². The van der Waals surface area contributed by atoms with Crippen LogP contribution in [0.25, 0.3) is 0 Å². The van der Waals surface area contributed by atoms with Crippen LogP contribution in [0.1, 0.15) is 23.7 Å². The molecule has 98 valence electrons. The van der Waals surface area contributed by atoms with Crippen LogP contribution in [0, 0.1) is 5.92 Å². The molecule has 5 heteroatoms. The first-order chi connectivity index (χ1) is 8.54. The van der Waals surface area contributed by atoms with Gasteiger partial charge in [-0.25, -0.2) is 0 Å². The molecule has 1 aliphatic rings. The Morgan fingerprint density at radius 3 is 2.78 bits per heavy atom. The molecule has 0 bridgehead atoms. The van der Waals surface area contributed by atoms with E-state index in [-0.39, 0.29) is 11.9 Å². The molecule has 0 aliphatic carbocycles. The van der Waals surface area contributed by atoms with Crippen molar-refractivity contribution in [2.75, 3.05) is 11.9 Å².